The molecule has 0 radical (unpaired) electrons. The largest absolute Gasteiger partial charge is 0.346 e. The Morgan fingerprint density at radius 2 is 1.97 bits per heavy atom. The summed E-state index contributed by atoms with van der Waals surface area (Å²) >= 11 is 0. The fraction of sp³-hybridized carbons (Fsp3) is 0.333. The maximum Gasteiger partial charge on any atom is 0.0888 e. The molecule has 3 heterocycles. The Labute approximate surface area is 172 Å². The van der Waals surface area contributed by atoms with Gasteiger partial charge in [0.25, 0.3) is 0 Å². The van der Waals surface area contributed by atoms with Gasteiger partial charge in [-0.25, -0.2) is 4.98 Å². The molecule has 3 N–H and O–H groups in total. The Kier molecular flexibility index (Phi) is 6.06. The molecule has 0 aliphatic carbocycles. The van der Waals surface area contributed by atoms with Crippen LogP contribution in [0.2, 0.25) is 0 Å². The number of nitrogens with one attached hydrogen (secondary N) is 1. The second-order valence-electron chi connectivity index (χ2n) is 8.02. The lowest BCUT2D eigenvalue weighted by molar-refractivity contribution is 0.346. The zero-order valence-electron chi connectivity index (χ0n) is 17.0. The van der Waals surface area contributed by atoms with E-state index in [9.17, 15) is 0 Å². The molecule has 0 aliphatic rings. The molecule has 5 nitrogen and oxygen atoms in total. The van der Waals surface area contributed by atoms with Crippen LogP contribution in [0.25, 0.3) is 22.3 Å². The molecule has 0 amide bonds. The van der Waals surface area contributed by atoms with Gasteiger partial charge >= 0.3 is 0 Å². The number of aromatic nitrogens is 4. The van der Waals surface area contributed by atoms with E-state index in [1.807, 2.05) is 6.20 Å². The van der Waals surface area contributed by atoms with Gasteiger partial charge in [0, 0.05) is 24.5 Å². The smallest absolute Gasteiger partial charge is 0.0888 e. The second-order valence-corrected chi connectivity index (χ2v) is 8.02. The number of aryl methyl sites for hydroxylation is 1. The van der Waals surface area contributed by atoms with Crippen molar-refractivity contribution in [3.63, 3.8) is 0 Å². The van der Waals surface area contributed by atoms with Gasteiger partial charge in [-0.05, 0) is 61.4 Å². The molecule has 0 bridgehead atoms. The summed E-state index contributed by atoms with van der Waals surface area (Å²) in [6.07, 6.45) is 9.27. The number of rotatable bonds is 9. The van der Waals surface area contributed by atoms with Crippen molar-refractivity contribution in [2.45, 2.75) is 32.7 Å². The number of H-pyrrole nitrogens is 1. The van der Waals surface area contributed by atoms with Crippen molar-refractivity contribution in [1.82, 2.24) is 19.7 Å². The Hall–Kier alpha value is -2.92. The number of fused-ring (bicyclic) bond motifs is 1. The van der Waals surface area contributed by atoms with Gasteiger partial charge in [-0.2, -0.15) is 5.10 Å². The van der Waals surface area contributed by atoms with Crippen molar-refractivity contribution in [2.75, 3.05) is 6.54 Å². The lowest BCUT2D eigenvalue weighted by atomic mass is 9.91. The van der Waals surface area contributed by atoms with Crippen molar-refractivity contribution in [2.24, 2.45) is 17.6 Å². The third-order valence-electron chi connectivity index (χ3n) is 5.71. The molecule has 4 aromatic rings. The molecule has 4 rings (SSSR count). The van der Waals surface area contributed by atoms with Crippen LogP contribution in [0, 0.1) is 11.8 Å². The molecule has 0 fully saturated rings. The molecule has 3 aromatic heterocycles. The van der Waals surface area contributed by atoms with Crippen LogP contribution in [0.15, 0.2) is 67.1 Å². The van der Waals surface area contributed by atoms with Crippen molar-refractivity contribution in [1.29, 1.82) is 0 Å². The fourth-order valence-corrected chi connectivity index (χ4v) is 4.05. The highest BCUT2D eigenvalue weighted by Crippen LogP contribution is 2.24. The van der Waals surface area contributed by atoms with E-state index in [0.29, 0.717) is 18.4 Å². The summed E-state index contributed by atoms with van der Waals surface area (Å²) in [5.74, 6) is 1.11. The summed E-state index contributed by atoms with van der Waals surface area (Å²) in [5, 5.41) is 6.86. The maximum absolute atomic E-state index is 6.14. The van der Waals surface area contributed by atoms with Gasteiger partial charge in [0.15, 0.2) is 0 Å². The first kappa shape index (κ1) is 19.4. The molecule has 5 heteroatoms. The lowest BCUT2D eigenvalue weighted by Crippen LogP contribution is -2.22. The van der Waals surface area contributed by atoms with E-state index in [2.05, 4.69) is 76.4 Å². The topological polar surface area (TPSA) is 72.5 Å². The first-order valence-corrected chi connectivity index (χ1v) is 10.4. The molecule has 0 spiro atoms. The fourth-order valence-electron chi connectivity index (χ4n) is 4.05. The van der Waals surface area contributed by atoms with Gasteiger partial charge < -0.3 is 10.3 Å². The average Bonchev–Trinajstić information content (AvgIpc) is 3.42. The SMILES string of the molecule is C[C@@H](CCc1ccccc1)C[C@@H](CN)Cn1ccc2nc(-c3cn[nH]c3)ccc21. The van der Waals surface area contributed by atoms with Crippen LogP contribution in [0.1, 0.15) is 25.3 Å². The molecule has 150 valence electrons. The standard InChI is InChI=1S/C24H29N5/c1-18(7-8-19-5-3-2-4-6-19)13-20(14-25)17-29-12-11-23-24(29)10-9-22(28-23)21-15-26-27-16-21/h2-6,9-12,15-16,18,20H,7-8,13-14,17,25H2,1H3,(H,26,27)/t18-,20-/m0/s1. The van der Waals surface area contributed by atoms with Crippen molar-refractivity contribution in [3.05, 3.63) is 72.7 Å². The third kappa shape index (κ3) is 4.74. The summed E-state index contributed by atoms with van der Waals surface area (Å²) in [5.41, 5.74) is 11.7. The molecular weight excluding hydrogens is 358 g/mol. The Morgan fingerprint density at radius 1 is 1.10 bits per heavy atom. The first-order chi connectivity index (χ1) is 14.2. The van der Waals surface area contributed by atoms with E-state index in [-0.39, 0.29) is 0 Å². The quantitative estimate of drug-likeness (QED) is 0.439. The highest BCUT2D eigenvalue weighted by atomic mass is 15.1. The predicted molar refractivity (Wildman–Crippen MR) is 118 cm³/mol. The molecule has 0 saturated heterocycles. The minimum Gasteiger partial charge on any atom is -0.346 e. The van der Waals surface area contributed by atoms with E-state index in [1.165, 1.54) is 12.0 Å². The summed E-state index contributed by atoms with van der Waals surface area (Å²) in [4.78, 5) is 4.78. The molecule has 0 unspecified atom stereocenters. The van der Waals surface area contributed by atoms with Crippen molar-refractivity contribution in [3.8, 4) is 11.3 Å². The molecule has 2 atom stereocenters. The maximum atomic E-state index is 6.14. The number of hydrogen-bond donors (Lipinski definition) is 2. The number of benzene rings is 1. The Morgan fingerprint density at radius 3 is 2.72 bits per heavy atom. The highest BCUT2D eigenvalue weighted by molar-refractivity contribution is 5.79. The van der Waals surface area contributed by atoms with Crippen LogP contribution in [-0.4, -0.2) is 26.3 Å². The van der Waals surface area contributed by atoms with E-state index in [1.54, 1.807) is 6.20 Å². The molecule has 29 heavy (non-hydrogen) atoms. The number of hydrogen-bond acceptors (Lipinski definition) is 3. The lowest BCUT2D eigenvalue weighted by Gasteiger charge is -2.21. The van der Waals surface area contributed by atoms with Gasteiger partial charge in [0.05, 0.1) is 22.9 Å². The summed E-state index contributed by atoms with van der Waals surface area (Å²) in [6.45, 7) is 3.98. The van der Waals surface area contributed by atoms with Crippen LogP contribution in [0.3, 0.4) is 0 Å². The zero-order chi connectivity index (χ0) is 20.1. The van der Waals surface area contributed by atoms with Crippen molar-refractivity contribution < 1.29 is 0 Å². The first-order valence-electron chi connectivity index (χ1n) is 10.4. The van der Waals surface area contributed by atoms with Crippen molar-refractivity contribution >= 4 is 11.0 Å². The predicted octanol–water partition coefficient (Wildman–Crippen LogP) is 4.66. The van der Waals surface area contributed by atoms with Gasteiger partial charge in [-0.15, -0.1) is 0 Å². The molecular formula is C24H29N5. The highest BCUT2D eigenvalue weighted by Gasteiger charge is 2.15. The van der Waals surface area contributed by atoms with Crippen LogP contribution in [0.5, 0.6) is 0 Å². The third-order valence-corrected chi connectivity index (χ3v) is 5.71. The summed E-state index contributed by atoms with van der Waals surface area (Å²) in [7, 11) is 0. The van der Waals surface area contributed by atoms with Gasteiger partial charge in [-0.1, -0.05) is 37.3 Å². The number of aromatic amines is 1. The van der Waals surface area contributed by atoms with Crippen LogP contribution < -0.4 is 5.73 Å². The zero-order valence-corrected chi connectivity index (χ0v) is 17.0. The number of nitrogens with two attached hydrogens (primary N) is 1. The van der Waals surface area contributed by atoms with Gasteiger partial charge in [0.2, 0.25) is 0 Å². The average molecular weight is 388 g/mol. The Bertz CT molecular complexity index is 1020. The summed E-state index contributed by atoms with van der Waals surface area (Å²) in [6, 6.07) is 17.0. The van der Waals surface area contributed by atoms with Gasteiger partial charge in [-0.3, -0.25) is 5.10 Å². The number of pyridine rings is 1. The van der Waals surface area contributed by atoms with Crippen LogP contribution in [-0.2, 0) is 13.0 Å². The van der Waals surface area contributed by atoms with Gasteiger partial charge in [0.1, 0.15) is 0 Å². The monoisotopic (exact) mass is 387 g/mol. The molecule has 1 aromatic carbocycles. The molecule has 0 aliphatic heterocycles. The van der Waals surface area contributed by atoms with E-state index in [4.69, 9.17) is 10.7 Å². The summed E-state index contributed by atoms with van der Waals surface area (Å²) < 4.78 is 2.29. The van der Waals surface area contributed by atoms with E-state index < -0.39 is 0 Å². The minimum absolute atomic E-state index is 0.463. The Balaban J connectivity index is 1.39. The van der Waals surface area contributed by atoms with Crippen LogP contribution in [0.4, 0.5) is 0 Å². The molecule has 0 saturated carbocycles. The normalized spacial score (nSPS) is 13.6. The van der Waals surface area contributed by atoms with E-state index >= 15 is 0 Å². The second kappa shape index (κ2) is 9.05. The number of nitrogens with zero attached hydrogens (tertiary/aromatic N) is 3. The van der Waals surface area contributed by atoms with E-state index in [0.717, 1.165) is 41.7 Å². The minimum atomic E-state index is 0.463. The van der Waals surface area contributed by atoms with Crippen LogP contribution >= 0.6 is 0 Å².